The van der Waals surface area contributed by atoms with Crippen LogP contribution in [0.4, 0.5) is 5.69 Å². The minimum absolute atomic E-state index is 0.00667. The number of hydrogen-bond donors (Lipinski definition) is 1. The second-order valence-corrected chi connectivity index (χ2v) is 11.7. The van der Waals surface area contributed by atoms with Crippen molar-refractivity contribution in [3.05, 3.63) is 52.0 Å². The lowest BCUT2D eigenvalue weighted by Crippen LogP contribution is -2.52. The fraction of sp³-hybridized carbons (Fsp3) is 0.462. The molecule has 1 aliphatic heterocycles. The van der Waals surface area contributed by atoms with Crippen LogP contribution >= 0.6 is 23.2 Å². The first-order valence-corrected chi connectivity index (χ1v) is 15.0. The summed E-state index contributed by atoms with van der Waals surface area (Å²) in [5.74, 6) is 0.00779. The van der Waals surface area contributed by atoms with Gasteiger partial charge in [-0.25, -0.2) is 8.42 Å². The first-order chi connectivity index (χ1) is 18.0. The molecule has 9 nitrogen and oxygen atoms in total. The van der Waals surface area contributed by atoms with Gasteiger partial charge < -0.3 is 19.7 Å². The van der Waals surface area contributed by atoms with Crippen LogP contribution in [0.1, 0.15) is 38.7 Å². The number of ether oxygens (including phenoxy) is 2. The van der Waals surface area contributed by atoms with Crippen LogP contribution < -0.4 is 19.1 Å². The highest BCUT2D eigenvalue weighted by molar-refractivity contribution is 7.92. The zero-order valence-electron chi connectivity index (χ0n) is 21.7. The van der Waals surface area contributed by atoms with Crippen LogP contribution in [-0.2, 0) is 26.2 Å². The molecule has 2 amide bonds. The molecule has 0 radical (unpaired) electrons. The molecule has 0 unspecified atom stereocenters. The van der Waals surface area contributed by atoms with E-state index in [0.29, 0.717) is 53.3 Å². The highest BCUT2D eigenvalue weighted by Crippen LogP contribution is 2.35. The fourth-order valence-corrected chi connectivity index (χ4v) is 5.37. The minimum atomic E-state index is -3.88. The molecule has 12 heteroatoms. The van der Waals surface area contributed by atoms with Gasteiger partial charge in [-0.2, -0.15) is 0 Å². The molecule has 0 spiro atoms. The highest BCUT2D eigenvalue weighted by Gasteiger charge is 2.32. The first kappa shape index (κ1) is 29.9. The van der Waals surface area contributed by atoms with E-state index < -0.39 is 28.5 Å². The van der Waals surface area contributed by atoms with Gasteiger partial charge in [0, 0.05) is 29.2 Å². The molecule has 0 fully saturated rings. The minimum Gasteiger partial charge on any atom is -0.486 e. The Balaban J connectivity index is 1.95. The van der Waals surface area contributed by atoms with E-state index in [9.17, 15) is 18.0 Å². The summed E-state index contributed by atoms with van der Waals surface area (Å²) in [6, 6.07) is 8.73. The second kappa shape index (κ2) is 13.4. The third-order valence-corrected chi connectivity index (χ3v) is 7.79. The van der Waals surface area contributed by atoms with Crippen molar-refractivity contribution < 1.29 is 27.5 Å². The Morgan fingerprint density at radius 1 is 1.05 bits per heavy atom. The van der Waals surface area contributed by atoms with E-state index in [-0.39, 0.29) is 18.1 Å². The molecule has 2 aromatic carbocycles. The van der Waals surface area contributed by atoms with E-state index in [1.807, 2.05) is 6.92 Å². The Morgan fingerprint density at radius 2 is 1.76 bits per heavy atom. The van der Waals surface area contributed by atoms with Crippen LogP contribution in [0.3, 0.4) is 0 Å². The van der Waals surface area contributed by atoms with E-state index in [1.54, 1.807) is 37.3 Å². The van der Waals surface area contributed by atoms with Crippen LogP contribution in [-0.4, -0.2) is 63.7 Å². The predicted molar refractivity (Wildman–Crippen MR) is 149 cm³/mol. The number of nitrogens with zero attached hydrogens (tertiary/aromatic N) is 2. The molecule has 0 aliphatic carbocycles. The molecule has 3 rings (SSSR count). The average molecular weight is 587 g/mol. The van der Waals surface area contributed by atoms with Gasteiger partial charge in [-0.1, -0.05) is 49.5 Å². The Bertz CT molecular complexity index is 1260. The lowest BCUT2D eigenvalue weighted by atomic mass is 10.1. The monoisotopic (exact) mass is 585 g/mol. The Labute approximate surface area is 234 Å². The number of nitrogens with one attached hydrogen (secondary N) is 1. The van der Waals surface area contributed by atoms with E-state index in [1.165, 1.54) is 11.0 Å². The quantitative estimate of drug-likeness (QED) is 0.373. The summed E-state index contributed by atoms with van der Waals surface area (Å²) in [4.78, 5) is 28.3. The van der Waals surface area contributed by atoms with Crippen LogP contribution in [0.15, 0.2) is 36.4 Å². The topological polar surface area (TPSA) is 105 Å². The number of sulfonamides is 1. The van der Waals surface area contributed by atoms with Gasteiger partial charge in [0.1, 0.15) is 25.8 Å². The highest BCUT2D eigenvalue weighted by atomic mass is 35.5. The van der Waals surface area contributed by atoms with Crippen LogP contribution in [0, 0.1) is 0 Å². The molecule has 208 valence electrons. The van der Waals surface area contributed by atoms with Crippen molar-refractivity contribution in [2.45, 2.75) is 45.7 Å². The molecule has 1 aliphatic rings. The maximum absolute atomic E-state index is 13.8. The maximum Gasteiger partial charge on any atom is 0.244 e. The summed E-state index contributed by atoms with van der Waals surface area (Å²) in [7, 11) is -3.88. The van der Waals surface area contributed by atoms with Crippen molar-refractivity contribution in [2.75, 3.05) is 36.9 Å². The van der Waals surface area contributed by atoms with E-state index in [0.717, 1.165) is 23.4 Å². The summed E-state index contributed by atoms with van der Waals surface area (Å²) in [6.07, 6.45) is 3.04. The number of hydrogen-bond acceptors (Lipinski definition) is 6. The molecule has 38 heavy (non-hydrogen) atoms. The Morgan fingerprint density at radius 3 is 2.39 bits per heavy atom. The van der Waals surface area contributed by atoms with Crippen molar-refractivity contribution >= 4 is 50.7 Å². The number of fused-ring (bicyclic) bond motifs is 1. The van der Waals surface area contributed by atoms with Crippen molar-refractivity contribution in [2.24, 2.45) is 0 Å². The van der Waals surface area contributed by atoms with Gasteiger partial charge >= 0.3 is 0 Å². The number of anilines is 1. The third kappa shape index (κ3) is 7.68. The molecular weight excluding hydrogens is 553 g/mol. The van der Waals surface area contributed by atoms with Crippen LogP contribution in [0.25, 0.3) is 0 Å². The number of amides is 2. The van der Waals surface area contributed by atoms with Crippen LogP contribution in [0.2, 0.25) is 10.0 Å². The molecule has 0 saturated heterocycles. The smallest absolute Gasteiger partial charge is 0.244 e. The molecular formula is C26H33Cl2N3O6S. The normalized spacial score (nSPS) is 13.5. The number of carbonyl (C=O) groups is 2. The molecule has 1 atom stereocenters. The summed E-state index contributed by atoms with van der Waals surface area (Å²) >= 11 is 12.4. The number of rotatable bonds is 12. The lowest BCUT2D eigenvalue weighted by molar-refractivity contribution is -0.140. The van der Waals surface area contributed by atoms with E-state index >= 15 is 0 Å². The van der Waals surface area contributed by atoms with Gasteiger partial charge in [0.2, 0.25) is 21.8 Å². The Kier molecular flexibility index (Phi) is 10.5. The van der Waals surface area contributed by atoms with Gasteiger partial charge in [-0.3, -0.25) is 13.9 Å². The van der Waals surface area contributed by atoms with Gasteiger partial charge in [0.15, 0.2) is 11.5 Å². The van der Waals surface area contributed by atoms with Gasteiger partial charge in [0.05, 0.1) is 11.9 Å². The average Bonchev–Trinajstić information content (AvgIpc) is 2.87. The van der Waals surface area contributed by atoms with Gasteiger partial charge in [-0.05, 0) is 42.7 Å². The molecule has 0 bridgehead atoms. The van der Waals surface area contributed by atoms with Crippen molar-refractivity contribution in [1.82, 2.24) is 10.2 Å². The lowest BCUT2D eigenvalue weighted by Gasteiger charge is -2.33. The zero-order chi connectivity index (χ0) is 27.9. The number of carbonyl (C=O) groups excluding carboxylic acids is 2. The molecule has 0 saturated carbocycles. The van der Waals surface area contributed by atoms with Crippen LogP contribution in [0.5, 0.6) is 11.5 Å². The van der Waals surface area contributed by atoms with Crippen molar-refractivity contribution in [3.63, 3.8) is 0 Å². The number of benzene rings is 2. The maximum atomic E-state index is 13.8. The van der Waals surface area contributed by atoms with E-state index in [4.69, 9.17) is 32.7 Å². The molecule has 2 aromatic rings. The summed E-state index contributed by atoms with van der Waals surface area (Å²) < 4.78 is 37.8. The molecule has 1 N–H and O–H groups in total. The van der Waals surface area contributed by atoms with Gasteiger partial charge in [0.25, 0.3) is 0 Å². The second-order valence-electron chi connectivity index (χ2n) is 8.92. The Hall–Kier alpha value is -2.69. The van der Waals surface area contributed by atoms with E-state index in [2.05, 4.69) is 5.32 Å². The predicted octanol–water partition coefficient (Wildman–Crippen LogP) is 4.25. The SMILES string of the molecule is CCCCNC(=O)[C@H](CC)N(Cc1ccc(Cl)cc1Cl)C(=O)CN(c1ccc2c(c1)OCCO2)S(C)(=O)=O. The van der Waals surface area contributed by atoms with Crippen molar-refractivity contribution in [1.29, 1.82) is 0 Å². The first-order valence-electron chi connectivity index (χ1n) is 12.4. The zero-order valence-corrected chi connectivity index (χ0v) is 24.0. The molecule has 1 heterocycles. The standard InChI is InChI=1S/C26H33Cl2N3O6S/c1-4-6-11-29-26(33)22(5-2)30(16-18-7-8-19(27)14-21(18)28)25(32)17-31(38(3,34)35)20-9-10-23-24(15-20)37-13-12-36-23/h7-10,14-15,22H,4-6,11-13,16-17H2,1-3H3,(H,29,33)/t22-/m0/s1. The van der Waals surface area contributed by atoms with Crippen molar-refractivity contribution in [3.8, 4) is 11.5 Å². The summed E-state index contributed by atoms with van der Waals surface area (Å²) in [6.45, 7) is 4.47. The largest absolute Gasteiger partial charge is 0.486 e. The number of halogens is 2. The summed E-state index contributed by atoms with van der Waals surface area (Å²) in [5.41, 5.74) is 0.824. The molecule has 0 aromatic heterocycles. The number of unbranched alkanes of at least 4 members (excludes halogenated alkanes) is 1. The third-order valence-electron chi connectivity index (χ3n) is 6.06. The summed E-state index contributed by atoms with van der Waals surface area (Å²) in [5, 5.41) is 3.65. The fourth-order valence-electron chi connectivity index (χ4n) is 4.06. The van der Waals surface area contributed by atoms with Gasteiger partial charge in [-0.15, -0.1) is 0 Å².